The average molecular weight is 255 g/mol. The summed E-state index contributed by atoms with van der Waals surface area (Å²) < 4.78 is 12.8. The Labute approximate surface area is 101 Å². The summed E-state index contributed by atoms with van der Waals surface area (Å²) in [6.07, 6.45) is 0.300. The van der Waals surface area contributed by atoms with E-state index in [-0.39, 0.29) is 10.8 Å². The molecule has 0 aliphatic heterocycles. The van der Waals surface area contributed by atoms with E-state index in [2.05, 4.69) is 0 Å². The Morgan fingerprint density at radius 3 is 2.81 bits per heavy atom. The zero-order chi connectivity index (χ0) is 11.5. The van der Waals surface area contributed by atoms with Crippen molar-refractivity contribution in [1.29, 1.82) is 0 Å². The van der Waals surface area contributed by atoms with Gasteiger partial charge in [0.2, 0.25) is 0 Å². The van der Waals surface area contributed by atoms with Crippen LogP contribution in [0.15, 0.2) is 35.0 Å². The summed E-state index contributed by atoms with van der Waals surface area (Å²) in [6, 6.07) is 5.71. The molecule has 2 rings (SSSR count). The highest BCUT2D eigenvalue weighted by Gasteiger charge is 2.11. The van der Waals surface area contributed by atoms with Crippen molar-refractivity contribution < 1.29 is 9.18 Å². The minimum Gasteiger partial charge on any atom is -0.294 e. The highest BCUT2D eigenvalue weighted by molar-refractivity contribution is 7.08. The third-order valence-corrected chi connectivity index (χ3v) is 3.22. The number of carbonyl (C=O) groups is 1. The largest absolute Gasteiger partial charge is 0.294 e. The first-order valence-electron chi connectivity index (χ1n) is 4.66. The smallest absolute Gasteiger partial charge is 0.168 e. The Morgan fingerprint density at radius 1 is 1.38 bits per heavy atom. The molecular formula is C12H8ClFOS. The summed E-state index contributed by atoms with van der Waals surface area (Å²) in [7, 11) is 0. The van der Waals surface area contributed by atoms with Gasteiger partial charge in [-0.15, -0.1) is 0 Å². The van der Waals surface area contributed by atoms with Crippen LogP contribution in [0.1, 0.15) is 15.9 Å². The maximum Gasteiger partial charge on any atom is 0.168 e. The Balaban J connectivity index is 2.21. The van der Waals surface area contributed by atoms with Crippen LogP contribution in [-0.4, -0.2) is 5.78 Å². The molecule has 0 amide bonds. The van der Waals surface area contributed by atoms with Crippen LogP contribution in [-0.2, 0) is 6.42 Å². The third-order valence-electron chi connectivity index (χ3n) is 2.18. The molecule has 0 N–H and O–H groups in total. The lowest BCUT2D eigenvalue weighted by Gasteiger charge is -2.02. The van der Waals surface area contributed by atoms with Crippen LogP contribution in [0.5, 0.6) is 0 Å². The molecule has 0 atom stereocenters. The molecule has 2 aromatic rings. The fourth-order valence-corrected chi connectivity index (χ4v) is 2.33. The van der Waals surface area contributed by atoms with E-state index in [1.165, 1.54) is 23.5 Å². The van der Waals surface area contributed by atoms with Gasteiger partial charge in [-0.25, -0.2) is 4.39 Å². The van der Waals surface area contributed by atoms with Gasteiger partial charge in [-0.3, -0.25) is 4.79 Å². The van der Waals surface area contributed by atoms with Crippen LogP contribution in [0.3, 0.4) is 0 Å². The summed E-state index contributed by atoms with van der Waals surface area (Å²) in [5.74, 6) is -0.527. The summed E-state index contributed by atoms with van der Waals surface area (Å²) in [5.41, 5.74) is 1.32. The number of thiophene rings is 1. The Kier molecular flexibility index (Phi) is 3.36. The van der Waals surface area contributed by atoms with Gasteiger partial charge in [0.1, 0.15) is 5.82 Å². The van der Waals surface area contributed by atoms with Crippen LogP contribution < -0.4 is 0 Å². The number of hydrogen-bond acceptors (Lipinski definition) is 2. The zero-order valence-electron chi connectivity index (χ0n) is 8.24. The monoisotopic (exact) mass is 254 g/mol. The molecule has 0 radical (unpaired) electrons. The van der Waals surface area contributed by atoms with E-state index in [0.717, 1.165) is 11.6 Å². The van der Waals surface area contributed by atoms with E-state index in [9.17, 15) is 9.18 Å². The molecule has 1 heterocycles. The number of carbonyl (C=O) groups excluding carboxylic acids is 1. The van der Waals surface area contributed by atoms with Gasteiger partial charge in [0, 0.05) is 12.0 Å². The molecular weight excluding hydrogens is 247 g/mol. The molecule has 82 valence electrons. The van der Waals surface area contributed by atoms with Crippen molar-refractivity contribution in [3.05, 3.63) is 57.0 Å². The number of rotatable bonds is 3. The molecule has 0 bridgehead atoms. The first-order chi connectivity index (χ1) is 7.66. The predicted molar refractivity (Wildman–Crippen MR) is 63.8 cm³/mol. The van der Waals surface area contributed by atoms with E-state index >= 15 is 0 Å². The molecule has 1 aromatic carbocycles. The zero-order valence-corrected chi connectivity index (χ0v) is 9.82. The van der Waals surface area contributed by atoms with Crippen molar-refractivity contribution in [2.24, 2.45) is 0 Å². The highest BCUT2D eigenvalue weighted by atomic mass is 35.5. The van der Waals surface area contributed by atoms with Crippen molar-refractivity contribution in [2.45, 2.75) is 6.42 Å². The van der Waals surface area contributed by atoms with Gasteiger partial charge in [0.25, 0.3) is 0 Å². The summed E-state index contributed by atoms with van der Waals surface area (Å²) in [5, 5.41) is 3.99. The maximum absolute atomic E-state index is 12.8. The molecule has 0 spiro atoms. The quantitative estimate of drug-likeness (QED) is 0.758. The van der Waals surface area contributed by atoms with E-state index in [1.807, 2.05) is 16.8 Å². The van der Waals surface area contributed by atoms with Gasteiger partial charge in [0.15, 0.2) is 5.78 Å². The lowest BCUT2D eigenvalue weighted by Crippen LogP contribution is -2.03. The van der Waals surface area contributed by atoms with Crippen molar-refractivity contribution in [3.63, 3.8) is 0 Å². The van der Waals surface area contributed by atoms with Crippen LogP contribution >= 0.6 is 22.9 Å². The Hall–Kier alpha value is -1.19. The third kappa shape index (κ3) is 2.49. The average Bonchev–Trinajstić information content (AvgIpc) is 2.70. The van der Waals surface area contributed by atoms with Crippen LogP contribution in [0.4, 0.5) is 4.39 Å². The first-order valence-corrected chi connectivity index (χ1v) is 5.98. The van der Waals surface area contributed by atoms with Gasteiger partial charge in [-0.05, 0) is 40.6 Å². The lowest BCUT2D eigenvalue weighted by molar-refractivity contribution is 0.0993. The van der Waals surface area contributed by atoms with Crippen LogP contribution in [0, 0.1) is 5.82 Å². The highest BCUT2D eigenvalue weighted by Crippen LogP contribution is 2.19. The first kappa shape index (κ1) is 11.3. The molecule has 0 saturated heterocycles. The van der Waals surface area contributed by atoms with Gasteiger partial charge in [-0.2, -0.15) is 11.3 Å². The van der Waals surface area contributed by atoms with E-state index in [0.29, 0.717) is 12.0 Å². The molecule has 16 heavy (non-hydrogen) atoms. The van der Waals surface area contributed by atoms with E-state index in [4.69, 9.17) is 11.6 Å². The van der Waals surface area contributed by atoms with Gasteiger partial charge >= 0.3 is 0 Å². The second kappa shape index (κ2) is 4.76. The fourth-order valence-electron chi connectivity index (χ4n) is 1.39. The van der Waals surface area contributed by atoms with Crippen molar-refractivity contribution in [1.82, 2.24) is 0 Å². The standard InChI is InChI=1S/C12H8ClFOS/c13-11-6-9(14)1-2-10(11)12(15)5-8-3-4-16-7-8/h1-4,6-7H,5H2. The number of hydrogen-bond donors (Lipinski definition) is 0. The minimum absolute atomic E-state index is 0.0941. The normalized spacial score (nSPS) is 10.4. The number of Topliss-reactive ketones (excluding diaryl/α,β-unsaturated/α-hetero) is 1. The van der Waals surface area contributed by atoms with E-state index in [1.54, 1.807) is 0 Å². The molecule has 0 unspecified atom stereocenters. The molecule has 0 aliphatic rings. The lowest BCUT2D eigenvalue weighted by atomic mass is 10.1. The van der Waals surface area contributed by atoms with E-state index < -0.39 is 5.82 Å². The fraction of sp³-hybridized carbons (Fsp3) is 0.0833. The molecule has 4 heteroatoms. The number of benzene rings is 1. The SMILES string of the molecule is O=C(Cc1ccsc1)c1ccc(F)cc1Cl. The minimum atomic E-state index is -0.433. The number of ketones is 1. The Morgan fingerprint density at radius 2 is 2.19 bits per heavy atom. The van der Waals surface area contributed by atoms with Crippen LogP contribution in [0.2, 0.25) is 5.02 Å². The second-order valence-electron chi connectivity index (χ2n) is 3.36. The van der Waals surface area contributed by atoms with Gasteiger partial charge in [0.05, 0.1) is 5.02 Å². The summed E-state index contributed by atoms with van der Waals surface area (Å²) >= 11 is 7.34. The second-order valence-corrected chi connectivity index (χ2v) is 4.54. The predicted octanol–water partition coefficient (Wildman–Crippen LogP) is 3.97. The molecule has 1 aromatic heterocycles. The molecule has 0 saturated carbocycles. The van der Waals surface area contributed by atoms with Crippen molar-refractivity contribution in [2.75, 3.05) is 0 Å². The molecule has 0 aliphatic carbocycles. The summed E-state index contributed by atoms with van der Waals surface area (Å²) in [6.45, 7) is 0. The number of halogens is 2. The van der Waals surface area contributed by atoms with Crippen molar-refractivity contribution in [3.8, 4) is 0 Å². The van der Waals surface area contributed by atoms with Gasteiger partial charge in [-0.1, -0.05) is 11.6 Å². The molecule has 1 nitrogen and oxygen atoms in total. The topological polar surface area (TPSA) is 17.1 Å². The van der Waals surface area contributed by atoms with Crippen LogP contribution in [0.25, 0.3) is 0 Å². The van der Waals surface area contributed by atoms with Gasteiger partial charge < -0.3 is 0 Å². The summed E-state index contributed by atoms with van der Waals surface area (Å²) in [4.78, 5) is 11.8. The van der Waals surface area contributed by atoms with Crippen molar-refractivity contribution >= 4 is 28.7 Å². The maximum atomic E-state index is 12.8. The molecule has 0 fully saturated rings. The Bertz CT molecular complexity index is 508.